The van der Waals surface area contributed by atoms with Gasteiger partial charge in [0, 0.05) is 12.1 Å². The van der Waals surface area contributed by atoms with E-state index in [1.54, 1.807) is 31.2 Å². The van der Waals surface area contributed by atoms with Gasteiger partial charge in [0.2, 0.25) is 0 Å². The Morgan fingerprint density at radius 3 is 2.50 bits per heavy atom. The first-order chi connectivity index (χ1) is 8.52. The standard InChI is InChI=1S/C12H14ClNO4/c1-8(12(16)17-7-11(15)14-2)18-10-5-3-9(13)4-6-10/h3-6,8H,7H2,1-2H3,(H,14,15)/t8-/m0/s1. The van der Waals surface area contributed by atoms with Gasteiger partial charge < -0.3 is 14.8 Å². The molecule has 0 saturated heterocycles. The summed E-state index contributed by atoms with van der Waals surface area (Å²) in [5.41, 5.74) is 0. The maximum atomic E-state index is 11.5. The molecule has 0 aliphatic heterocycles. The van der Waals surface area contributed by atoms with Crippen molar-refractivity contribution < 1.29 is 19.1 Å². The Bertz CT molecular complexity index is 419. The molecule has 1 N–H and O–H groups in total. The number of carbonyl (C=O) groups is 2. The number of nitrogens with one attached hydrogen (secondary N) is 1. The van der Waals surface area contributed by atoms with E-state index in [1.807, 2.05) is 0 Å². The Labute approximate surface area is 110 Å². The molecule has 1 aromatic rings. The summed E-state index contributed by atoms with van der Waals surface area (Å²) >= 11 is 5.72. The topological polar surface area (TPSA) is 64.6 Å². The molecule has 1 atom stereocenters. The molecule has 18 heavy (non-hydrogen) atoms. The lowest BCUT2D eigenvalue weighted by Gasteiger charge is -2.13. The monoisotopic (exact) mass is 271 g/mol. The van der Waals surface area contributed by atoms with Gasteiger partial charge in [0.25, 0.3) is 5.91 Å². The van der Waals surface area contributed by atoms with Gasteiger partial charge in [0.1, 0.15) is 5.75 Å². The molecule has 1 rings (SSSR count). The Balaban J connectivity index is 2.44. The highest BCUT2D eigenvalue weighted by Crippen LogP contribution is 2.16. The van der Waals surface area contributed by atoms with E-state index in [4.69, 9.17) is 21.1 Å². The van der Waals surface area contributed by atoms with Crippen LogP contribution in [-0.4, -0.2) is 31.6 Å². The summed E-state index contributed by atoms with van der Waals surface area (Å²) in [4.78, 5) is 22.4. The number of benzene rings is 1. The maximum absolute atomic E-state index is 11.5. The average molecular weight is 272 g/mol. The normalized spacial score (nSPS) is 11.5. The van der Waals surface area contributed by atoms with E-state index >= 15 is 0 Å². The number of hydrogen-bond donors (Lipinski definition) is 1. The van der Waals surface area contributed by atoms with Gasteiger partial charge in [0.15, 0.2) is 12.7 Å². The summed E-state index contributed by atoms with van der Waals surface area (Å²) in [6, 6.07) is 6.59. The molecule has 1 amide bonds. The third kappa shape index (κ3) is 4.63. The highest BCUT2D eigenvalue weighted by Gasteiger charge is 2.17. The van der Waals surface area contributed by atoms with Crippen LogP contribution in [0.2, 0.25) is 5.02 Å². The largest absolute Gasteiger partial charge is 0.479 e. The van der Waals surface area contributed by atoms with E-state index in [2.05, 4.69) is 5.32 Å². The quantitative estimate of drug-likeness (QED) is 0.822. The lowest BCUT2D eigenvalue weighted by molar-refractivity contribution is -0.154. The molecule has 1 aromatic carbocycles. The number of amides is 1. The molecule has 0 spiro atoms. The second-order valence-electron chi connectivity index (χ2n) is 3.49. The van der Waals surface area contributed by atoms with Crippen LogP contribution in [0.1, 0.15) is 6.92 Å². The summed E-state index contributed by atoms with van der Waals surface area (Å²) in [5.74, 6) is -0.473. The number of halogens is 1. The van der Waals surface area contributed by atoms with Gasteiger partial charge in [-0.3, -0.25) is 4.79 Å². The molecule has 0 fully saturated rings. The number of esters is 1. The van der Waals surface area contributed by atoms with Crippen LogP contribution >= 0.6 is 11.6 Å². The lowest BCUT2D eigenvalue weighted by Crippen LogP contribution is -2.31. The number of likely N-dealkylation sites (N-methyl/N-ethyl adjacent to an activating group) is 1. The van der Waals surface area contributed by atoms with Gasteiger partial charge in [-0.05, 0) is 31.2 Å². The van der Waals surface area contributed by atoms with Crippen LogP contribution in [0.5, 0.6) is 5.75 Å². The van der Waals surface area contributed by atoms with E-state index in [0.717, 1.165) is 0 Å². The molecule has 0 radical (unpaired) electrons. The fourth-order valence-corrected chi connectivity index (χ4v) is 1.22. The van der Waals surface area contributed by atoms with Crippen molar-refractivity contribution in [2.75, 3.05) is 13.7 Å². The van der Waals surface area contributed by atoms with E-state index in [0.29, 0.717) is 10.8 Å². The Hall–Kier alpha value is -1.75. The first kappa shape index (κ1) is 14.3. The number of carbonyl (C=O) groups excluding carboxylic acids is 2. The molecule has 5 nitrogen and oxygen atoms in total. The minimum absolute atomic E-state index is 0.316. The summed E-state index contributed by atoms with van der Waals surface area (Å²) in [5, 5.41) is 2.92. The second kappa shape index (κ2) is 6.86. The van der Waals surface area contributed by atoms with Gasteiger partial charge in [-0.1, -0.05) is 11.6 Å². The SMILES string of the molecule is CNC(=O)COC(=O)[C@H](C)Oc1ccc(Cl)cc1. The van der Waals surface area contributed by atoms with Crippen LogP contribution in [0.3, 0.4) is 0 Å². The van der Waals surface area contributed by atoms with Crippen molar-refractivity contribution >= 4 is 23.5 Å². The van der Waals surface area contributed by atoms with Crippen LogP contribution in [0.25, 0.3) is 0 Å². The average Bonchev–Trinajstić information content (AvgIpc) is 2.38. The van der Waals surface area contributed by atoms with Gasteiger partial charge >= 0.3 is 5.97 Å². The third-order valence-corrected chi connectivity index (χ3v) is 2.33. The fourth-order valence-electron chi connectivity index (χ4n) is 1.09. The second-order valence-corrected chi connectivity index (χ2v) is 3.93. The molecule has 0 bridgehead atoms. The molecule has 0 heterocycles. The van der Waals surface area contributed by atoms with Crippen molar-refractivity contribution in [3.05, 3.63) is 29.3 Å². The van der Waals surface area contributed by atoms with Crippen LogP contribution in [0.4, 0.5) is 0 Å². The predicted molar refractivity (Wildman–Crippen MR) is 66.6 cm³/mol. The lowest BCUT2D eigenvalue weighted by atomic mass is 10.3. The fraction of sp³-hybridized carbons (Fsp3) is 0.333. The van der Waals surface area contributed by atoms with E-state index in [-0.39, 0.29) is 12.5 Å². The third-order valence-electron chi connectivity index (χ3n) is 2.08. The molecule has 0 aliphatic carbocycles. The van der Waals surface area contributed by atoms with Crippen molar-refractivity contribution in [1.82, 2.24) is 5.32 Å². The number of ether oxygens (including phenoxy) is 2. The molecule has 6 heteroatoms. The minimum atomic E-state index is -0.796. The summed E-state index contributed by atoms with van der Waals surface area (Å²) in [6.45, 7) is 1.23. The van der Waals surface area contributed by atoms with Crippen LogP contribution in [0, 0.1) is 0 Å². The van der Waals surface area contributed by atoms with Gasteiger partial charge in [-0.2, -0.15) is 0 Å². The molecular formula is C12H14ClNO4. The van der Waals surface area contributed by atoms with E-state index in [9.17, 15) is 9.59 Å². The van der Waals surface area contributed by atoms with Crippen LogP contribution in [-0.2, 0) is 14.3 Å². The zero-order valence-electron chi connectivity index (χ0n) is 10.1. The van der Waals surface area contributed by atoms with Crippen LogP contribution in [0.15, 0.2) is 24.3 Å². The molecule has 0 unspecified atom stereocenters. The van der Waals surface area contributed by atoms with Gasteiger partial charge in [-0.15, -0.1) is 0 Å². The molecular weight excluding hydrogens is 258 g/mol. The minimum Gasteiger partial charge on any atom is -0.479 e. The highest BCUT2D eigenvalue weighted by molar-refractivity contribution is 6.30. The molecule has 98 valence electrons. The summed E-state index contributed by atoms with van der Waals surface area (Å²) in [7, 11) is 1.46. The summed E-state index contributed by atoms with van der Waals surface area (Å²) in [6.07, 6.45) is -0.796. The van der Waals surface area contributed by atoms with Crippen LogP contribution < -0.4 is 10.1 Å². The first-order valence-electron chi connectivity index (χ1n) is 5.32. The highest BCUT2D eigenvalue weighted by atomic mass is 35.5. The van der Waals surface area contributed by atoms with Gasteiger partial charge in [0.05, 0.1) is 0 Å². The van der Waals surface area contributed by atoms with Crippen molar-refractivity contribution in [1.29, 1.82) is 0 Å². The zero-order chi connectivity index (χ0) is 13.5. The van der Waals surface area contributed by atoms with Crippen molar-refractivity contribution in [3.8, 4) is 5.75 Å². The van der Waals surface area contributed by atoms with Crippen molar-refractivity contribution in [3.63, 3.8) is 0 Å². The van der Waals surface area contributed by atoms with E-state index in [1.165, 1.54) is 7.05 Å². The maximum Gasteiger partial charge on any atom is 0.347 e. The van der Waals surface area contributed by atoms with E-state index < -0.39 is 12.1 Å². The first-order valence-corrected chi connectivity index (χ1v) is 5.70. The predicted octanol–water partition coefficient (Wildman–Crippen LogP) is 1.40. The van der Waals surface area contributed by atoms with Crippen molar-refractivity contribution in [2.45, 2.75) is 13.0 Å². The smallest absolute Gasteiger partial charge is 0.347 e. The zero-order valence-corrected chi connectivity index (χ0v) is 10.9. The number of hydrogen-bond acceptors (Lipinski definition) is 4. The Morgan fingerprint density at radius 2 is 1.94 bits per heavy atom. The van der Waals surface area contributed by atoms with Gasteiger partial charge in [-0.25, -0.2) is 4.79 Å². The molecule has 0 aromatic heterocycles. The molecule has 0 aliphatic rings. The Kier molecular flexibility index (Phi) is 5.45. The summed E-state index contributed by atoms with van der Waals surface area (Å²) < 4.78 is 10.1. The number of rotatable bonds is 5. The molecule has 0 saturated carbocycles. The van der Waals surface area contributed by atoms with Crippen molar-refractivity contribution in [2.24, 2.45) is 0 Å². The Morgan fingerprint density at radius 1 is 1.33 bits per heavy atom.